The lowest BCUT2D eigenvalue weighted by Crippen LogP contribution is -2.39. The van der Waals surface area contributed by atoms with Gasteiger partial charge in [-0.05, 0) is 31.0 Å². The third-order valence-corrected chi connectivity index (χ3v) is 3.34. The summed E-state index contributed by atoms with van der Waals surface area (Å²) < 4.78 is 4.95. The highest BCUT2D eigenvalue weighted by Crippen LogP contribution is 2.28. The molecule has 1 saturated heterocycles. The van der Waals surface area contributed by atoms with Crippen molar-refractivity contribution >= 4 is 5.91 Å². The maximum atomic E-state index is 12.3. The van der Waals surface area contributed by atoms with Gasteiger partial charge in [0.05, 0.1) is 7.11 Å². The monoisotopic (exact) mass is 250 g/mol. The van der Waals surface area contributed by atoms with E-state index in [0.29, 0.717) is 17.9 Å². The maximum Gasteiger partial charge on any atom is 0.254 e. The third-order valence-electron chi connectivity index (χ3n) is 3.34. The topological polar surface area (TPSA) is 75.8 Å². The van der Waals surface area contributed by atoms with Crippen molar-refractivity contribution in [1.82, 2.24) is 4.90 Å². The third kappa shape index (κ3) is 2.26. The van der Waals surface area contributed by atoms with Crippen molar-refractivity contribution in [1.29, 1.82) is 0 Å². The standard InChI is InChI=1S/C13H18N2O3/c1-18-12-5-4-9(7-11(12)16)13(17)15-6-2-3-10(15)8-14/h4-5,7,10,16H,2-3,6,8,14H2,1H3. The lowest BCUT2D eigenvalue weighted by molar-refractivity contribution is 0.0740. The first kappa shape index (κ1) is 12.7. The van der Waals surface area contributed by atoms with E-state index < -0.39 is 0 Å². The predicted octanol–water partition coefficient (Wildman–Crippen LogP) is 0.964. The first-order chi connectivity index (χ1) is 8.67. The number of hydrogen-bond acceptors (Lipinski definition) is 4. The fourth-order valence-corrected chi connectivity index (χ4v) is 2.34. The van der Waals surface area contributed by atoms with Gasteiger partial charge >= 0.3 is 0 Å². The van der Waals surface area contributed by atoms with E-state index in [1.54, 1.807) is 17.0 Å². The Morgan fingerprint density at radius 3 is 3.00 bits per heavy atom. The summed E-state index contributed by atoms with van der Waals surface area (Å²) in [5.74, 6) is 0.260. The average Bonchev–Trinajstić information content (AvgIpc) is 2.86. The zero-order valence-corrected chi connectivity index (χ0v) is 10.4. The Hall–Kier alpha value is -1.75. The lowest BCUT2D eigenvalue weighted by Gasteiger charge is -2.23. The van der Waals surface area contributed by atoms with E-state index in [2.05, 4.69) is 0 Å². The number of nitrogens with zero attached hydrogens (tertiary/aromatic N) is 1. The van der Waals surface area contributed by atoms with Gasteiger partial charge < -0.3 is 20.5 Å². The molecule has 1 heterocycles. The molecule has 3 N–H and O–H groups in total. The number of likely N-dealkylation sites (tertiary alicyclic amines) is 1. The molecule has 98 valence electrons. The van der Waals surface area contributed by atoms with E-state index in [4.69, 9.17) is 10.5 Å². The van der Waals surface area contributed by atoms with Gasteiger partial charge in [0.25, 0.3) is 5.91 Å². The Kier molecular flexibility index (Phi) is 3.72. The molecule has 1 amide bonds. The minimum absolute atomic E-state index is 0.0214. The van der Waals surface area contributed by atoms with Crippen molar-refractivity contribution in [2.75, 3.05) is 20.2 Å². The molecular formula is C13H18N2O3. The number of aromatic hydroxyl groups is 1. The quantitative estimate of drug-likeness (QED) is 0.838. The molecule has 1 unspecified atom stereocenters. The van der Waals surface area contributed by atoms with Crippen LogP contribution < -0.4 is 10.5 Å². The normalized spacial score (nSPS) is 19.0. The highest BCUT2D eigenvalue weighted by atomic mass is 16.5. The molecular weight excluding hydrogens is 232 g/mol. The Labute approximate surface area is 106 Å². The van der Waals surface area contributed by atoms with Gasteiger partial charge in [-0.1, -0.05) is 0 Å². The molecule has 1 aliphatic rings. The van der Waals surface area contributed by atoms with Gasteiger partial charge in [0, 0.05) is 24.7 Å². The van der Waals surface area contributed by atoms with Crippen LogP contribution in [-0.2, 0) is 0 Å². The van der Waals surface area contributed by atoms with Crippen molar-refractivity contribution in [2.45, 2.75) is 18.9 Å². The highest BCUT2D eigenvalue weighted by Gasteiger charge is 2.28. The molecule has 0 bridgehead atoms. The molecule has 0 saturated carbocycles. The fraction of sp³-hybridized carbons (Fsp3) is 0.462. The van der Waals surface area contributed by atoms with Crippen LogP contribution in [0.5, 0.6) is 11.5 Å². The second-order valence-corrected chi connectivity index (χ2v) is 4.42. The molecule has 5 heteroatoms. The molecule has 0 radical (unpaired) electrons. The average molecular weight is 250 g/mol. The van der Waals surface area contributed by atoms with Crippen LogP contribution in [0.1, 0.15) is 23.2 Å². The molecule has 5 nitrogen and oxygen atoms in total. The van der Waals surface area contributed by atoms with Gasteiger partial charge in [0.2, 0.25) is 0 Å². The summed E-state index contributed by atoms with van der Waals surface area (Å²) in [4.78, 5) is 14.1. The number of carbonyl (C=O) groups is 1. The van der Waals surface area contributed by atoms with Crippen LogP contribution in [0.25, 0.3) is 0 Å². The molecule has 1 atom stereocenters. The zero-order chi connectivity index (χ0) is 13.1. The second-order valence-electron chi connectivity index (χ2n) is 4.42. The molecule has 1 aromatic carbocycles. The van der Waals surface area contributed by atoms with Crippen LogP contribution >= 0.6 is 0 Å². The number of phenols is 1. The van der Waals surface area contributed by atoms with Crippen LogP contribution in [0.15, 0.2) is 18.2 Å². The number of rotatable bonds is 3. The molecule has 0 spiro atoms. The van der Waals surface area contributed by atoms with E-state index in [1.807, 2.05) is 0 Å². The van der Waals surface area contributed by atoms with Crippen molar-refractivity contribution in [3.63, 3.8) is 0 Å². The summed E-state index contributed by atoms with van der Waals surface area (Å²) >= 11 is 0. The minimum Gasteiger partial charge on any atom is -0.504 e. The van der Waals surface area contributed by atoms with Crippen LogP contribution in [0.4, 0.5) is 0 Å². The number of carbonyl (C=O) groups excluding carboxylic acids is 1. The molecule has 18 heavy (non-hydrogen) atoms. The van der Waals surface area contributed by atoms with E-state index in [0.717, 1.165) is 19.4 Å². The summed E-state index contributed by atoms with van der Waals surface area (Å²) in [5.41, 5.74) is 6.12. The molecule has 0 aromatic heterocycles. The van der Waals surface area contributed by atoms with Crippen molar-refractivity contribution in [3.05, 3.63) is 23.8 Å². The highest BCUT2D eigenvalue weighted by molar-refractivity contribution is 5.95. The number of phenolic OH excluding ortho intramolecular Hbond substituents is 1. The lowest BCUT2D eigenvalue weighted by atomic mass is 10.1. The summed E-state index contributed by atoms with van der Waals surface area (Å²) in [5, 5.41) is 9.69. The van der Waals surface area contributed by atoms with Crippen LogP contribution in [-0.4, -0.2) is 42.2 Å². The van der Waals surface area contributed by atoms with Crippen molar-refractivity contribution < 1.29 is 14.6 Å². The number of nitrogens with two attached hydrogens (primary N) is 1. The van der Waals surface area contributed by atoms with Crippen molar-refractivity contribution in [2.24, 2.45) is 5.73 Å². The predicted molar refractivity (Wildman–Crippen MR) is 67.8 cm³/mol. The van der Waals surface area contributed by atoms with Crippen LogP contribution in [0, 0.1) is 0 Å². The largest absolute Gasteiger partial charge is 0.504 e. The molecule has 1 aromatic rings. The van der Waals surface area contributed by atoms with Gasteiger partial charge in [0.15, 0.2) is 11.5 Å². The SMILES string of the molecule is COc1ccc(C(=O)N2CCCC2CN)cc1O. The molecule has 1 fully saturated rings. The molecule has 0 aliphatic carbocycles. The zero-order valence-electron chi connectivity index (χ0n) is 10.4. The maximum absolute atomic E-state index is 12.3. The number of amides is 1. The number of hydrogen-bond donors (Lipinski definition) is 2. The van der Waals surface area contributed by atoms with E-state index >= 15 is 0 Å². The van der Waals surface area contributed by atoms with Crippen molar-refractivity contribution in [3.8, 4) is 11.5 Å². The van der Waals surface area contributed by atoms with E-state index in [-0.39, 0.29) is 17.7 Å². The Morgan fingerprint density at radius 2 is 2.39 bits per heavy atom. The number of ether oxygens (including phenoxy) is 1. The number of methoxy groups -OCH3 is 1. The van der Waals surface area contributed by atoms with Gasteiger partial charge in [-0.15, -0.1) is 0 Å². The number of benzene rings is 1. The summed E-state index contributed by atoms with van der Waals surface area (Å²) in [6, 6.07) is 4.80. The van der Waals surface area contributed by atoms with Gasteiger partial charge in [0.1, 0.15) is 0 Å². The van der Waals surface area contributed by atoms with Gasteiger partial charge in [-0.25, -0.2) is 0 Å². The Morgan fingerprint density at radius 1 is 1.61 bits per heavy atom. The van der Waals surface area contributed by atoms with Crippen LogP contribution in [0.3, 0.4) is 0 Å². The first-order valence-electron chi connectivity index (χ1n) is 6.05. The van der Waals surface area contributed by atoms with E-state index in [9.17, 15) is 9.90 Å². The van der Waals surface area contributed by atoms with E-state index in [1.165, 1.54) is 13.2 Å². The van der Waals surface area contributed by atoms with Crippen LogP contribution in [0.2, 0.25) is 0 Å². The van der Waals surface area contributed by atoms with Gasteiger partial charge in [-0.2, -0.15) is 0 Å². The molecule has 1 aliphatic heterocycles. The first-order valence-corrected chi connectivity index (χ1v) is 6.05. The Balaban J connectivity index is 2.21. The Bertz CT molecular complexity index is 448. The summed E-state index contributed by atoms with van der Waals surface area (Å²) in [7, 11) is 1.47. The molecule has 2 rings (SSSR count). The smallest absolute Gasteiger partial charge is 0.254 e. The summed E-state index contributed by atoms with van der Waals surface area (Å²) in [6.45, 7) is 1.21. The second kappa shape index (κ2) is 5.27. The fourth-order valence-electron chi connectivity index (χ4n) is 2.34. The minimum atomic E-state index is -0.0825. The van der Waals surface area contributed by atoms with Gasteiger partial charge in [-0.3, -0.25) is 4.79 Å². The summed E-state index contributed by atoms with van der Waals surface area (Å²) in [6.07, 6.45) is 1.93.